The molecule has 0 spiro atoms. The second-order valence-electron chi connectivity index (χ2n) is 4.79. The molecule has 0 fully saturated rings. The monoisotopic (exact) mass is 350 g/mol. The van der Waals surface area contributed by atoms with Crippen LogP contribution in [0.5, 0.6) is 0 Å². The van der Waals surface area contributed by atoms with E-state index in [1.54, 1.807) is 18.7 Å². The normalized spacial score (nSPS) is 12.3. The highest BCUT2D eigenvalue weighted by Crippen LogP contribution is 2.26. The van der Waals surface area contributed by atoms with E-state index < -0.39 is 17.9 Å². The molecule has 0 N–H and O–H groups in total. The summed E-state index contributed by atoms with van der Waals surface area (Å²) in [6, 6.07) is 11.9. The highest BCUT2D eigenvalue weighted by atomic mass is 35.5. The average Bonchev–Trinajstić information content (AvgIpc) is 2.58. The molecule has 0 aliphatic carbocycles. The van der Waals surface area contributed by atoms with Crippen LogP contribution in [0, 0.1) is 0 Å². The molecule has 120 valence electrons. The molecule has 2 aromatic rings. The number of fused-ring (bicyclic) bond motifs is 1. The lowest BCUT2D eigenvalue weighted by Gasteiger charge is -2.11. The van der Waals surface area contributed by atoms with E-state index in [1.807, 2.05) is 36.6 Å². The van der Waals surface area contributed by atoms with Gasteiger partial charge in [0.25, 0.3) is 0 Å². The molecule has 1 unspecified atom stereocenters. The van der Waals surface area contributed by atoms with Gasteiger partial charge in [-0.1, -0.05) is 35.9 Å². The van der Waals surface area contributed by atoms with Crippen LogP contribution in [0.2, 0.25) is 0 Å². The molecule has 6 heteroatoms. The van der Waals surface area contributed by atoms with Crippen molar-refractivity contribution in [3.8, 4) is 0 Å². The highest BCUT2D eigenvalue weighted by molar-refractivity contribution is 7.98. The Bertz CT molecular complexity index is 757. The van der Waals surface area contributed by atoms with Gasteiger partial charge in [0.1, 0.15) is 0 Å². The molecule has 23 heavy (non-hydrogen) atoms. The second-order valence-corrected chi connectivity index (χ2v) is 5.92. The summed E-state index contributed by atoms with van der Waals surface area (Å²) in [6.07, 6.45) is 2.97. The van der Waals surface area contributed by atoms with Crippen LogP contribution >= 0.6 is 23.4 Å². The van der Waals surface area contributed by atoms with Crippen LogP contribution in [0.1, 0.15) is 18.4 Å². The van der Waals surface area contributed by atoms with Crippen molar-refractivity contribution in [3.05, 3.63) is 53.6 Å². The van der Waals surface area contributed by atoms with Crippen molar-refractivity contribution in [2.24, 2.45) is 0 Å². The number of rotatable bonds is 4. The van der Waals surface area contributed by atoms with Gasteiger partial charge >= 0.3 is 11.9 Å². The number of benzene rings is 2. The van der Waals surface area contributed by atoms with Crippen molar-refractivity contribution in [1.29, 1.82) is 0 Å². The quantitative estimate of drug-likeness (QED) is 0.353. The molecule has 0 aliphatic rings. The number of carbonyl (C=O) groups excluding carboxylic acids is 2. The van der Waals surface area contributed by atoms with E-state index in [-0.39, 0.29) is 0 Å². The maximum Gasteiger partial charge on any atom is 0.380 e. The Balaban J connectivity index is 2.12. The van der Waals surface area contributed by atoms with Gasteiger partial charge in [0.2, 0.25) is 0 Å². The van der Waals surface area contributed by atoms with Crippen molar-refractivity contribution in [3.63, 3.8) is 0 Å². The van der Waals surface area contributed by atoms with Crippen LogP contribution in [0.3, 0.4) is 0 Å². The molecule has 2 rings (SSSR count). The van der Waals surface area contributed by atoms with Crippen molar-refractivity contribution in [2.75, 3.05) is 6.26 Å². The molecule has 0 radical (unpaired) electrons. The third-order valence-corrected chi connectivity index (χ3v) is 4.18. The van der Waals surface area contributed by atoms with E-state index in [0.29, 0.717) is 0 Å². The zero-order valence-corrected chi connectivity index (χ0v) is 14.2. The molecule has 2 aromatic carbocycles. The molecule has 1 atom stereocenters. The summed E-state index contributed by atoms with van der Waals surface area (Å²) in [5, 5.41) is 2.13. The van der Waals surface area contributed by atoms with Crippen molar-refractivity contribution in [2.45, 2.75) is 17.7 Å². The second kappa shape index (κ2) is 8.04. The van der Waals surface area contributed by atoms with Gasteiger partial charge in [-0.2, -0.15) is 0 Å². The van der Waals surface area contributed by atoms with Gasteiger partial charge in [-0.25, -0.2) is 19.4 Å². The largest absolute Gasteiger partial charge is 0.380 e. The predicted octanol–water partition coefficient (Wildman–Crippen LogP) is 4.42. The van der Waals surface area contributed by atoms with E-state index in [2.05, 4.69) is 15.8 Å². The SMILES string of the molecule is CSc1ccc2cc(C(C)C(=O)OOC(=O)/C=C/Cl)ccc2c1. The number of halogens is 1. The molecular weight excluding hydrogens is 336 g/mol. The van der Waals surface area contributed by atoms with Crippen LogP contribution in [-0.4, -0.2) is 18.2 Å². The molecule has 0 aromatic heterocycles. The standard InChI is InChI=1S/C17H15ClO4S/c1-11(17(20)22-21-16(19)7-8-18)12-3-4-14-10-15(23-2)6-5-13(14)9-12/h3-11H,1-2H3/b8-7+. The summed E-state index contributed by atoms with van der Waals surface area (Å²) in [7, 11) is 0. The van der Waals surface area contributed by atoms with E-state index in [1.165, 1.54) is 4.90 Å². The molecule has 0 aliphatic heterocycles. The fourth-order valence-electron chi connectivity index (χ4n) is 2.01. The maximum atomic E-state index is 11.9. The van der Waals surface area contributed by atoms with Crippen LogP contribution < -0.4 is 0 Å². The van der Waals surface area contributed by atoms with Gasteiger partial charge in [-0.05, 0) is 41.6 Å². The zero-order valence-electron chi connectivity index (χ0n) is 12.6. The smallest absolute Gasteiger partial charge is 0.247 e. The first-order valence-corrected chi connectivity index (χ1v) is 8.48. The van der Waals surface area contributed by atoms with Gasteiger partial charge in [-0.3, -0.25) is 0 Å². The fraction of sp³-hybridized carbons (Fsp3) is 0.176. The van der Waals surface area contributed by atoms with Crippen molar-refractivity contribution < 1.29 is 19.4 Å². The lowest BCUT2D eigenvalue weighted by atomic mass is 9.98. The number of carbonyl (C=O) groups is 2. The minimum Gasteiger partial charge on any atom is -0.247 e. The Labute approximate surface area is 143 Å². The van der Waals surface area contributed by atoms with Crippen molar-refractivity contribution >= 4 is 46.1 Å². The molecule has 0 amide bonds. The number of hydrogen-bond donors (Lipinski definition) is 0. The minimum absolute atomic E-state index is 0.563. The molecular formula is C17H15ClO4S. The number of thioether (sulfide) groups is 1. The van der Waals surface area contributed by atoms with Crippen LogP contribution in [0.15, 0.2) is 52.9 Å². The van der Waals surface area contributed by atoms with Gasteiger partial charge in [0.05, 0.1) is 5.92 Å². The first-order valence-electron chi connectivity index (χ1n) is 6.82. The van der Waals surface area contributed by atoms with Gasteiger partial charge < -0.3 is 0 Å². The van der Waals surface area contributed by atoms with Gasteiger partial charge in [0.15, 0.2) is 0 Å². The summed E-state index contributed by atoms with van der Waals surface area (Å²) >= 11 is 6.90. The molecule has 4 nitrogen and oxygen atoms in total. The van der Waals surface area contributed by atoms with Gasteiger partial charge in [0, 0.05) is 16.5 Å². The van der Waals surface area contributed by atoms with E-state index >= 15 is 0 Å². The van der Waals surface area contributed by atoms with E-state index in [9.17, 15) is 9.59 Å². The maximum absolute atomic E-state index is 11.9. The first kappa shape index (κ1) is 17.4. The Hall–Kier alpha value is -1.98. The first-order chi connectivity index (χ1) is 11.0. The van der Waals surface area contributed by atoms with Crippen LogP contribution in [0.4, 0.5) is 0 Å². The van der Waals surface area contributed by atoms with Crippen LogP contribution in [-0.2, 0) is 19.4 Å². The molecule has 0 saturated heterocycles. The third-order valence-electron chi connectivity index (χ3n) is 3.33. The third kappa shape index (κ3) is 4.50. The molecule has 0 bridgehead atoms. The average molecular weight is 351 g/mol. The Morgan fingerprint density at radius 1 is 1.13 bits per heavy atom. The topological polar surface area (TPSA) is 52.6 Å². The van der Waals surface area contributed by atoms with Crippen molar-refractivity contribution in [1.82, 2.24) is 0 Å². The van der Waals surface area contributed by atoms with E-state index in [0.717, 1.165) is 27.9 Å². The summed E-state index contributed by atoms with van der Waals surface area (Å²) in [5.74, 6) is -2.06. The molecule has 0 saturated carbocycles. The lowest BCUT2D eigenvalue weighted by molar-refractivity contribution is -0.255. The Morgan fingerprint density at radius 3 is 2.52 bits per heavy atom. The van der Waals surface area contributed by atoms with Gasteiger partial charge in [-0.15, -0.1) is 11.8 Å². The summed E-state index contributed by atoms with van der Waals surface area (Å²) in [4.78, 5) is 33.0. The summed E-state index contributed by atoms with van der Waals surface area (Å²) in [5.41, 5.74) is 1.76. The Morgan fingerprint density at radius 2 is 1.83 bits per heavy atom. The molecule has 0 heterocycles. The zero-order chi connectivity index (χ0) is 16.8. The summed E-state index contributed by atoms with van der Waals surface area (Å²) in [6.45, 7) is 1.69. The lowest BCUT2D eigenvalue weighted by Crippen LogP contribution is -2.15. The van der Waals surface area contributed by atoms with Crippen LogP contribution in [0.25, 0.3) is 10.8 Å². The Kier molecular flexibility index (Phi) is 6.07. The predicted molar refractivity (Wildman–Crippen MR) is 91.3 cm³/mol. The highest BCUT2D eigenvalue weighted by Gasteiger charge is 2.19. The number of hydrogen-bond acceptors (Lipinski definition) is 5. The van der Waals surface area contributed by atoms with E-state index in [4.69, 9.17) is 11.6 Å². The minimum atomic E-state index is -0.844. The summed E-state index contributed by atoms with van der Waals surface area (Å²) < 4.78 is 0. The fourth-order valence-corrected chi connectivity index (χ4v) is 2.56.